The Bertz CT molecular complexity index is 437. The number of likely N-dealkylation sites (N-methyl/N-ethyl adjacent to an activating group) is 2. The van der Waals surface area contributed by atoms with E-state index in [-0.39, 0.29) is 11.3 Å². The van der Waals surface area contributed by atoms with Gasteiger partial charge in [-0.15, -0.1) is 11.3 Å². The van der Waals surface area contributed by atoms with Crippen molar-refractivity contribution >= 4 is 22.3 Å². The third-order valence-electron chi connectivity index (χ3n) is 3.94. The second-order valence-corrected chi connectivity index (χ2v) is 6.24. The summed E-state index contributed by atoms with van der Waals surface area (Å²) in [6.07, 6.45) is 3.80. The first-order valence-corrected chi connectivity index (χ1v) is 7.18. The molecule has 2 rings (SSSR count). The molecule has 1 fully saturated rings. The number of thiazole rings is 1. The smallest absolute Gasteiger partial charge is 0.185 e. The van der Waals surface area contributed by atoms with Gasteiger partial charge in [0.1, 0.15) is 5.69 Å². The van der Waals surface area contributed by atoms with E-state index >= 15 is 0 Å². The Labute approximate surface area is 113 Å². The molecular formula is C13H21N3OS. The summed E-state index contributed by atoms with van der Waals surface area (Å²) in [5.41, 5.74) is 0.867. The fourth-order valence-electron chi connectivity index (χ4n) is 2.44. The van der Waals surface area contributed by atoms with E-state index in [4.69, 9.17) is 0 Å². The van der Waals surface area contributed by atoms with Crippen molar-refractivity contribution < 1.29 is 4.79 Å². The van der Waals surface area contributed by atoms with Crippen LogP contribution in [0.4, 0.5) is 5.13 Å². The monoisotopic (exact) mass is 267 g/mol. The van der Waals surface area contributed by atoms with E-state index in [0.717, 1.165) is 11.7 Å². The average molecular weight is 267 g/mol. The highest BCUT2D eigenvalue weighted by molar-refractivity contribution is 7.13. The Morgan fingerprint density at radius 3 is 2.50 bits per heavy atom. The van der Waals surface area contributed by atoms with Gasteiger partial charge in [-0.25, -0.2) is 4.98 Å². The van der Waals surface area contributed by atoms with Crippen LogP contribution in [0.3, 0.4) is 0 Å². The van der Waals surface area contributed by atoms with Crippen LogP contribution < -0.4 is 4.90 Å². The largest absolute Gasteiger partial charge is 0.349 e. The van der Waals surface area contributed by atoms with Crippen LogP contribution in [-0.2, 0) is 0 Å². The third kappa shape index (κ3) is 2.42. The Balaban J connectivity index is 2.06. The summed E-state index contributed by atoms with van der Waals surface area (Å²) in [5.74, 6) is 0.0388. The van der Waals surface area contributed by atoms with Crippen molar-refractivity contribution in [2.45, 2.75) is 31.7 Å². The highest BCUT2D eigenvalue weighted by Gasteiger charge is 2.40. The van der Waals surface area contributed by atoms with Crippen molar-refractivity contribution in [1.82, 2.24) is 9.88 Å². The summed E-state index contributed by atoms with van der Waals surface area (Å²) in [6.45, 7) is 2.54. The van der Waals surface area contributed by atoms with E-state index < -0.39 is 0 Å². The Morgan fingerprint density at radius 1 is 1.44 bits per heavy atom. The van der Waals surface area contributed by atoms with Crippen LogP contribution in [0.5, 0.6) is 0 Å². The second kappa shape index (κ2) is 4.97. The summed E-state index contributed by atoms with van der Waals surface area (Å²) >= 11 is 1.55. The standard InChI is InChI=1S/C13H21N3OS/c1-10(17)11-8-18-12(14-11)16(4)9-13(15(2)3)6-5-7-13/h8H,5-7,9H2,1-4H3. The maximum atomic E-state index is 11.3. The quantitative estimate of drug-likeness (QED) is 0.767. The first-order chi connectivity index (χ1) is 8.44. The number of nitrogens with zero attached hydrogens (tertiary/aromatic N) is 3. The van der Waals surface area contributed by atoms with Crippen molar-refractivity contribution in [3.63, 3.8) is 0 Å². The van der Waals surface area contributed by atoms with Crippen molar-refractivity contribution in [2.75, 3.05) is 32.6 Å². The van der Waals surface area contributed by atoms with Gasteiger partial charge in [-0.2, -0.15) is 0 Å². The summed E-state index contributed by atoms with van der Waals surface area (Å²) in [4.78, 5) is 20.2. The van der Waals surface area contributed by atoms with E-state index in [9.17, 15) is 4.79 Å². The van der Waals surface area contributed by atoms with Gasteiger partial charge in [0.05, 0.1) is 0 Å². The van der Waals surface area contributed by atoms with E-state index in [1.807, 2.05) is 5.38 Å². The van der Waals surface area contributed by atoms with Crippen LogP contribution in [0.25, 0.3) is 0 Å². The van der Waals surface area contributed by atoms with E-state index in [2.05, 4.69) is 35.9 Å². The molecule has 4 nitrogen and oxygen atoms in total. The SMILES string of the molecule is CC(=O)c1csc(N(C)CC2(N(C)C)CCC2)n1. The lowest BCUT2D eigenvalue weighted by atomic mass is 9.75. The highest BCUT2D eigenvalue weighted by atomic mass is 32.1. The molecule has 1 aromatic rings. The lowest BCUT2D eigenvalue weighted by molar-refractivity contribution is 0.0683. The number of ketones is 1. The molecule has 5 heteroatoms. The molecular weight excluding hydrogens is 246 g/mol. The first kappa shape index (κ1) is 13.5. The Hall–Kier alpha value is -0.940. The Kier molecular flexibility index (Phi) is 3.73. The van der Waals surface area contributed by atoms with Gasteiger partial charge in [-0.05, 0) is 33.4 Å². The normalized spacial score (nSPS) is 17.6. The fourth-order valence-corrected chi connectivity index (χ4v) is 3.27. The number of carbonyl (C=O) groups is 1. The molecule has 0 N–H and O–H groups in total. The number of rotatable bonds is 5. The number of hydrogen-bond donors (Lipinski definition) is 0. The van der Waals surface area contributed by atoms with Crippen LogP contribution in [0.15, 0.2) is 5.38 Å². The van der Waals surface area contributed by atoms with Crippen LogP contribution >= 0.6 is 11.3 Å². The zero-order chi connectivity index (χ0) is 13.3. The highest BCUT2D eigenvalue weighted by Crippen LogP contribution is 2.37. The van der Waals surface area contributed by atoms with Crippen molar-refractivity contribution in [3.8, 4) is 0 Å². The molecule has 100 valence electrons. The summed E-state index contributed by atoms with van der Waals surface area (Å²) < 4.78 is 0. The lowest BCUT2D eigenvalue weighted by Crippen LogP contribution is -2.56. The number of anilines is 1. The first-order valence-electron chi connectivity index (χ1n) is 6.30. The van der Waals surface area contributed by atoms with Gasteiger partial charge >= 0.3 is 0 Å². The van der Waals surface area contributed by atoms with Gasteiger partial charge in [-0.3, -0.25) is 4.79 Å². The van der Waals surface area contributed by atoms with Gasteiger partial charge in [0.2, 0.25) is 0 Å². The Morgan fingerprint density at radius 2 is 2.11 bits per heavy atom. The molecule has 0 saturated heterocycles. The molecule has 0 bridgehead atoms. The summed E-state index contributed by atoms with van der Waals surface area (Å²) in [7, 11) is 6.36. The molecule has 0 aromatic carbocycles. The minimum Gasteiger partial charge on any atom is -0.349 e. The van der Waals surface area contributed by atoms with Crippen molar-refractivity contribution in [2.24, 2.45) is 0 Å². The molecule has 1 saturated carbocycles. The van der Waals surface area contributed by atoms with Crippen LogP contribution in [-0.4, -0.2) is 48.9 Å². The third-order valence-corrected chi connectivity index (χ3v) is 4.90. The zero-order valence-corrected chi connectivity index (χ0v) is 12.4. The molecule has 0 spiro atoms. The summed E-state index contributed by atoms with van der Waals surface area (Å²) in [5, 5.41) is 2.78. The summed E-state index contributed by atoms with van der Waals surface area (Å²) in [6, 6.07) is 0. The van der Waals surface area contributed by atoms with Crippen LogP contribution in [0.2, 0.25) is 0 Å². The van der Waals surface area contributed by atoms with Gasteiger partial charge in [0.25, 0.3) is 0 Å². The number of carbonyl (C=O) groups excluding carboxylic acids is 1. The number of hydrogen-bond acceptors (Lipinski definition) is 5. The molecule has 1 aliphatic rings. The maximum Gasteiger partial charge on any atom is 0.185 e. The zero-order valence-electron chi connectivity index (χ0n) is 11.6. The number of Topliss-reactive ketones (excluding diaryl/α,β-unsaturated/α-hetero) is 1. The minimum absolute atomic E-state index is 0.0388. The average Bonchev–Trinajstić information content (AvgIpc) is 2.71. The molecule has 0 radical (unpaired) electrons. The molecule has 0 amide bonds. The van der Waals surface area contributed by atoms with E-state index in [1.54, 1.807) is 18.3 Å². The predicted molar refractivity (Wildman–Crippen MR) is 75.7 cm³/mol. The predicted octanol–water partition coefficient (Wildman–Crippen LogP) is 2.27. The molecule has 1 aromatic heterocycles. The molecule has 0 aliphatic heterocycles. The van der Waals surface area contributed by atoms with E-state index in [0.29, 0.717) is 5.69 Å². The lowest BCUT2D eigenvalue weighted by Gasteiger charge is -2.49. The maximum absolute atomic E-state index is 11.3. The van der Waals surface area contributed by atoms with Crippen molar-refractivity contribution in [1.29, 1.82) is 0 Å². The van der Waals surface area contributed by atoms with Crippen molar-refractivity contribution in [3.05, 3.63) is 11.1 Å². The molecule has 1 aliphatic carbocycles. The van der Waals surface area contributed by atoms with Gasteiger partial charge in [-0.1, -0.05) is 0 Å². The molecule has 0 atom stereocenters. The topological polar surface area (TPSA) is 36.4 Å². The molecule has 18 heavy (non-hydrogen) atoms. The molecule has 0 unspecified atom stereocenters. The van der Waals surface area contributed by atoms with Crippen LogP contribution in [0.1, 0.15) is 36.7 Å². The minimum atomic E-state index is 0.0388. The molecule has 1 heterocycles. The van der Waals surface area contributed by atoms with Gasteiger partial charge < -0.3 is 9.80 Å². The van der Waals surface area contributed by atoms with Gasteiger partial charge in [0.15, 0.2) is 10.9 Å². The van der Waals surface area contributed by atoms with E-state index in [1.165, 1.54) is 19.3 Å². The fraction of sp³-hybridized carbons (Fsp3) is 0.692. The van der Waals surface area contributed by atoms with Gasteiger partial charge in [0, 0.05) is 31.4 Å². The number of aromatic nitrogens is 1. The second-order valence-electron chi connectivity index (χ2n) is 5.40. The van der Waals surface area contributed by atoms with Crippen LogP contribution in [0, 0.1) is 0 Å².